The third kappa shape index (κ3) is 3.68. The number of hydrogen-bond acceptors (Lipinski definition) is 2. The summed E-state index contributed by atoms with van der Waals surface area (Å²) >= 11 is 0. The molecule has 0 aliphatic rings. The predicted octanol–water partition coefficient (Wildman–Crippen LogP) is 2.25. The molecule has 0 amide bonds. The van der Waals surface area contributed by atoms with Crippen molar-refractivity contribution >= 4 is 24.5 Å². The molecule has 2 aromatic carbocycles. The average molecular weight is 268 g/mol. The van der Waals surface area contributed by atoms with Crippen LogP contribution in [0.3, 0.4) is 0 Å². The molecule has 2 rings (SSSR count). The van der Waals surface area contributed by atoms with Gasteiger partial charge in [0, 0.05) is 13.8 Å². The van der Waals surface area contributed by atoms with Crippen LogP contribution in [-0.4, -0.2) is 13.1 Å². The van der Waals surface area contributed by atoms with Gasteiger partial charge in [0.25, 0.3) is 0 Å². The SMILES string of the molecule is COC(=O)C#CP(c1ccccc1)c1ccccc1. The molecule has 0 saturated heterocycles. The molecule has 0 unspecified atom stereocenters. The Bertz CT molecular complexity index is 557. The second-order valence-electron chi connectivity index (χ2n) is 3.73. The summed E-state index contributed by atoms with van der Waals surface area (Å²) in [6.07, 6.45) is 0. The molecule has 2 nitrogen and oxygen atoms in total. The van der Waals surface area contributed by atoms with E-state index in [1.54, 1.807) is 0 Å². The second-order valence-corrected chi connectivity index (χ2v) is 5.66. The summed E-state index contributed by atoms with van der Waals surface area (Å²) in [5.74, 6) is 2.05. The van der Waals surface area contributed by atoms with Crippen LogP contribution in [0, 0.1) is 11.6 Å². The highest BCUT2D eigenvalue weighted by molar-refractivity contribution is 7.77. The fraction of sp³-hybridized carbons (Fsp3) is 0.0625. The van der Waals surface area contributed by atoms with E-state index in [-0.39, 0.29) is 0 Å². The largest absolute Gasteiger partial charge is 0.459 e. The first-order valence-electron chi connectivity index (χ1n) is 5.81. The monoisotopic (exact) mass is 268 g/mol. The third-order valence-electron chi connectivity index (χ3n) is 2.48. The summed E-state index contributed by atoms with van der Waals surface area (Å²) in [4.78, 5) is 11.2. The molecule has 3 heteroatoms. The topological polar surface area (TPSA) is 26.3 Å². The van der Waals surface area contributed by atoms with Crippen LogP contribution in [0.5, 0.6) is 0 Å². The van der Waals surface area contributed by atoms with Gasteiger partial charge in [-0.1, -0.05) is 66.3 Å². The van der Waals surface area contributed by atoms with Crippen LogP contribution in [-0.2, 0) is 9.53 Å². The van der Waals surface area contributed by atoms with Gasteiger partial charge in [0.05, 0.1) is 7.11 Å². The van der Waals surface area contributed by atoms with Gasteiger partial charge in [0.2, 0.25) is 0 Å². The fourth-order valence-electron chi connectivity index (χ4n) is 1.58. The average Bonchev–Trinajstić information content (AvgIpc) is 2.49. The lowest BCUT2D eigenvalue weighted by molar-refractivity contribution is -0.133. The van der Waals surface area contributed by atoms with E-state index in [1.807, 2.05) is 60.7 Å². The van der Waals surface area contributed by atoms with Crippen molar-refractivity contribution in [3.05, 3.63) is 60.7 Å². The van der Waals surface area contributed by atoms with Crippen LogP contribution in [0.4, 0.5) is 0 Å². The molecule has 0 N–H and O–H groups in total. The van der Waals surface area contributed by atoms with E-state index in [2.05, 4.69) is 16.3 Å². The maximum Gasteiger partial charge on any atom is 0.384 e. The maximum atomic E-state index is 11.2. The minimum Gasteiger partial charge on any atom is -0.459 e. The summed E-state index contributed by atoms with van der Waals surface area (Å²) in [6, 6.07) is 20.0. The van der Waals surface area contributed by atoms with Gasteiger partial charge in [0.15, 0.2) is 0 Å². The van der Waals surface area contributed by atoms with Crippen LogP contribution >= 0.6 is 7.92 Å². The first-order valence-corrected chi connectivity index (χ1v) is 7.15. The Labute approximate surface area is 114 Å². The number of carbonyl (C=O) groups excluding carboxylic acids is 1. The molecule has 0 heterocycles. The lowest BCUT2D eigenvalue weighted by Crippen LogP contribution is -2.10. The van der Waals surface area contributed by atoms with Crippen molar-refractivity contribution in [2.24, 2.45) is 0 Å². The van der Waals surface area contributed by atoms with Gasteiger partial charge < -0.3 is 4.74 Å². The summed E-state index contributed by atoms with van der Waals surface area (Å²) in [5.41, 5.74) is 3.04. The number of hydrogen-bond donors (Lipinski definition) is 0. The number of esters is 1. The molecule has 19 heavy (non-hydrogen) atoms. The molecule has 0 saturated carbocycles. The molecule has 2 aromatic rings. The molecule has 0 aliphatic heterocycles. The minimum absolute atomic E-state index is 0.501. The fourth-order valence-corrected chi connectivity index (χ4v) is 3.28. The van der Waals surface area contributed by atoms with E-state index in [1.165, 1.54) is 7.11 Å². The Balaban J connectivity index is 2.39. The van der Waals surface area contributed by atoms with Crippen molar-refractivity contribution in [2.45, 2.75) is 0 Å². The first kappa shape index (κ1) is 13.3. The van der Waals surface area contributed by atoms with E-state index in [0.29, 0.717) is 0 Å². The zero-order chi connectivity index (χ0) is 13.5. The van der Waals surface area contributed by atoms with Gasteiger partial charge in [0.1, 0.15) is 0 Å². The molecular weight excluding hydrogens is 255 g/mol. The van der Waals surface area contributed by atoms with Crippen molar-refractivity contribution in [1.82, 2.24) is 0 Å². The standard InChI is InChI=1S/C16H13O2P/c1-18-16(17)12-13-19(14-8-4-2-5-9-14)15-10-6-3-7-11-15/h2-11H,1H3. The Hall–Kier alpha value is -2.10. The van der Waals surface area contributed by atoms with E-state index in [9.17, 15) is 4.79 Å². The number of benzene rings is 2. The maximum absolute atomic E-state index is 11.2. The minimum atomic E-state index is -0.851. The van der Waals surface area contributed by atoms with Crippen molar-refractivity contribution in [2.75, 3.05) is 7.11 Å². The molecule has 0 fully saturated rings. The highest BCUT2D eigenvalue weighted by Gasteiger charge is 2.10. The lowest BCUT2D eigenvalue weighted by atomic mass is 10.4. The Kier molecular flexibility index (Phi) is 4.72. The van der Waals surface area contributed by atoms with Gasteiger partial charge in [-0.2, -0.15) is 0 Å². The highest BCUT2D eigenvalue weighted by Crippen LogP contribution is 2.31. The van der Waals surface area contributed by atoms with E-state index >= 15 is 0 Å². The molecule has 0 spiro atoms. The summed E-state index contributed by atoms with van der Waals surface area (Å²) in [5, 5.41) is 2.25. The molecule has 0 atom stereocenters. The normalized spacial score (nSPS) is 9.58. The van der Waals surface area contributed by atoms with Crippen LogP contribution in [0.25, 0.3) is 0 Å². The van der Waals surface area contributed by atoms with E-state index in [0.717, 1.165) is 10.6 Å². The number of rotatable bonds is 2. The predicted molar refractivity (Wildman–Crippen MR) is 78.9 cm³/mol. The van der Waals surface area contributed by atoms with Crippen molar-refractivity contribution in [1.29, 1.82) is 0 Å². The van der Waals surface area contributed by atoms with Gasteiger partial charge in [-0.15, -0.1) is 0 Å². The van der Waals surface area contributed by atoms with Crippen molar-refractivity contribution in [3.8, 4) is 11.6 Å². The third-order valence-corrected chi connectivity index (χ3v) is 4.45. The van der Waals surface area contributed by atoms with Crippen molar-refractivity contribution < 1.29 is 9.53 Å². The Morgan fingerprint density at radius 1 is 0.947 bits per heavy atom. The zero-order valence-corrected chi connectivity index (χ0v) is 11.4. The summed E-state index contributed by atoms with van der Waals surface area (Å²) in [7, 11) is 0.487. The van der Waals surface area contributed by atoms with Crippen LogP contribution < -0.4 is 10.6 Å². The van der Waals surface area contributed by atoms with Crippen LogP contribution in [0.15, 0.2) is 60.7 Å². The number of ether oxygens (including phenoxy) is 1. The quantitative estimate of drug-likeness (QED) is 0.474. The van der Waals surface area contributed by atoms with Gasteiger partial charge in [-0.3, -0.25) is 0 Å². The van der Waals surface area contributed by atoms with Gasteiger partial charge in [-0.05, 0) is 10.6 Å². The van der Waals surface area contributed by atoms with Gasteiger partial charge in [-0.25, -0.2) is 4.79 Å². The second kappa shape index (κ2) is 6.73. The lowest BCUT2D eigenvalue weighted by Gasteiger charge is -2.11. The smallest absolute Gasteiger partial charge is 0.384 e. The molecule has 0 aromatic heterocycles. The number of carbonyl (C=O) groups is 1. The van der Waals surface area contributed by atoms with Crippen LogP contribution in [0.2, 0.25) is 0 Å². The van der Waals surface area contributed by atoms with E-state index in [4.69, 9.17) is 0 Å². The number of methoxy groups -OCH3 is 1. The molecular formula is C16H13O2P. The highest BCUT2D eigenvalue weighted by atomic mass is 31.1. The summed E-state index contributed by atoms with van der Waals surface area (Å²) in [6.45, 7) is 0. The Morgan fingerprint density at radius 2 is 1.42 bits per heavy atom. The van der Waals surface area contributed by atoms with E-state index < -0.39 is 13.9 Å². The molecule has 0 radical (unpaired) electrons. The zero-order valence-electron chi connectivity index (χ0n) is 10.5. The summed E-state index contributed by atoms with van der Waals surface area (Å²) < 4.78 is 4.57. The van der Waals surface area contributed by atoms with Gasteiger partial charge >= 0.3 is 5.97 Å². The molecule has 0 bridgehead atoms. The Morgan fingerprint density at radius 3 is 1.84 bits per heavy atom. The van der Waals surface area contributed by atoms with Crippen LogP contribution in [0.1, 0.15) is 0 Å². The molecule has 0 aliphatic carbocycles. The first-order chi connectivity index (χ1) is 9.31. The molecule has 94 valence electrons. The van der Waals surface area contributed by atoms with Crippen molar-refractivity contribution in [3.63, 3.8) is 0 Å².